The Morgan fingerprint density at radius 1 is 0.917 bits per heavy atom. The molecule has 2 heterocycles. The van der Waals surface area contributed by atoms with Crippen molar-refractivity contribution in [1.29, 1.82) is 0 Å². The molecule has 0 atom stereocenters. The van der Waals surface area contributed by atoms with Crippen molar-refractivity contribution in [1.82, 2.24) is 9.97 Å². The zero-order valence-corrected chi connectivity index (χ0v) is 13.9. The van der Waals surface area contributed by atoms with Crippen LogP contribution < -0.4 is 15.2 Å². The van der Waals surface area contributed by atoms with Crippen LogP contribution in [0.25, 0.3) is 22.5 Å². The van der Waals surface area contributed by atoms with Gasteiger partial charge in [0.15, 0.2) is 0 Å². The average Bonchev–Trinajstić information content (AvgIpc) is 2.64. The molecule has 24 heavy (non-hydrogen) atoms. The number of aromatic nitrogens is 2. The van der Waals surface area contributed by atoms with Crippen molar-refractivity contribution in [2.75, 3.05) is 20.0 Å². The lowest BCUT2D eigenvalue weighted by Gasteiger charge is -2.12. The van der Waals surface area contributed by atoms with Crippen molar-refractivity contribution in [3.05, 3.63) is 54.2 Å². The molecular weight excluding hydrogens is 302 g/mol. The Kier molecular flexibility index (Phi) is 4.33. The first kappa shape index (κ1) is 15.8. The normalized spacial score (nSPS) is 10.5. The van der Waals surface area contributed by atoms with Crippen molar-refractivity contribution in [2.24, 2.45) is 0 Å². The predicted octanol–water partition coefficient (Wildman–Crippen LogP) is 3.72. The zero-order chi connectivity index (χ0) is 17.1. The van der Waals surface area contributed by atoms with Crippen LogP contribution in [-0.2, 0) is 0 Å². The lowest BCUT2D eigenvalue weighted by Crippen LogP contribution is -1.99. The standard InChI is InChI=1S/C19H19N3O2/c1-12-10-16(13-4-7-15(23-2)8-5-13)22-19(18(12)20)14-6-9-17(24-3)21-11-14/h4-11H,20H2,1-3H3. The zero-order valence-electron chi connectivity index (χ0n) is 13.9. The highest BCUT2D eigenvalue weighted by atomic mass is 16.5. The first-order valence-corrected chi connectivity index (χ1v) is 7.54. The molecule has 0 aliphatic heterocycles. The van der Waals surface area contributed by atoms with E-state index in [1.54, 1.807) is 26.5 Å². The van der Waals surface area contributed by atoms with E-state index in [9.17, 15) is 0 Å². The largest absolute Gasteiger partial charge is 0.497 e. The molecule has 0 unspecified atom stereocenters. The lowest BCUT2D eigenvalue weighted by atomic mass is 10.0. The highest BCUT2D eigenvalue weighted by Gasteiger charge is 2.11. The molecule has 2 N–H and O–H groups in total. The van der Waals surface area contributed by atoms with Crippen LogP contribution >= 0.6 is 0 Å². The fraction of sp³-hybridized carbons (Fsp3) is 0.158. The summed E-state index contributed by atoms with van der Waals surface area (Å²) in [4.78, 5) is 8.97. The third kappa shape index (κ3) is 3.01. The van der Waals surface area contributed by atoms with E-state index in [0.29, 0.717) is 11.6 Å². The maximum atomic E-state index is 6.24. The number of anilines is 1. The highest BCUT2D eigenvalue weighted by molar-refractivity contribution is 5.78. The molecule has 0 spiro atoms. The van der Waals surface area contributed by atoms with E-state index < -0.39 is 0 Å². The van der Waals surface area contributed by atoms with Gasteiger partial charge in [-0.2, -0.15) is 0 Å². The highest BCUT2D eigenvalue weighted by Crippen LogP contribution is 2.31. The number of nitrogens with two attached hydrogens (primary N) is 1. The van der Waals surface area contributed by atoms with Crippen molar-refractivity contribution >= 4 is 5.69 Å². The number of ether oxygens (including phenoxy) is 2. The average molecular weight is 321 g/mol. The molecule has 2 aromatic heterocycles. The van der Waals surface area contributed by atoms with Gasteiger partial charge in [-0.3, -0.25) is 0 Å². The van der Waals surface area contributed by atoms with E-state index in [1.165, 1.54) is 0 Å². The molecule has 0 saturated heterocycles. The predicted molar refractivity (Wildman–Crippen MR) is 95.2 cm³/mol. The molecule has 3 rings (SSSR count). The number of hydrogen-bond acceptors (Lipinski definition) is 5. The van der Waals surface area contributed by atoms with E-state index >= 15 is 0 Å². The molecule has 0 aliphatic rings. The van der Waals surface area contributed by atoms with Crippen LogP contribution in [0, 0.1) is 6.92 Å². The molecule has 5 nitrogen and oxygen atoms in total. The Labute approximate surface area is 141 Å². The molecular formula is C19H19N3O2. The quantitative estimate of drug-likeness (QED) is 0.793. The van der Waals surface area contributed by atoms with Crippen LogP contribution in [0.2, 0.25) is 0 Å². The van der Waals surface area contributed by atoms with Gasteiger partial charge in [-0.05, 0) is 48.9 Å². The molecule has 1 aromatic carbocycles. The number of nitrogen functional groups attached to an aromatic ring is 1. The topological polar surface area (TPSA) is 70.3 Å². The minimum absolute atomic E-state index is 0.556. The van der Waals surface area contributed by atoms with Gasteiger partial charge in [0.1, 0.15) is 5.75 Å². The Morgan fingerprint density at radius 2 is 1.62 bits per heavy atom. The first-order chi connectivity index (χ1) is 11.6. The minimum Gasteiger partial charge on any atom is -0.497 e. The van der Waals surface area contributed by atoms with Crippen LogP contribution in [0.15, 0.2) is 48.7 Å². The van der Waals surface area contributed by atoms with Crippen LogP contribution in [0.3, 0.4) is 0 Å². The summed E-state index contributed by atoms with van der Waals surface area (Å²) in [6, 6.07) is 13.5. The summed E-state index contributed by atoms with van der Waals surface area (Å²) in [5.41, 5.74) is 11.3. The molecule has 0 radical (unpaired) electrons. The SMILES string of the molecule is COc1ccc(-c2cc(C)c(N)c(-c3ccc(OC)nc3)n2)cc1. The maximum Gasteiger partial charge on any atom is 0.212 e. The van der Waals surface area contributed by atoms with E-state index in [4.69, 9.17) is 20.2 Å². The van der Waals surface area contributed by atoms with Gasteiger partial charge >= 0.3 is 0 Å². The Hall–Kier alpha value is -3.08. The van der Waals surface area contributed by atoms with Crippen molar-refractivity contribution in [3.8, 4) is 34.1 Å². The summed E-state index contributed by atoms with van der Waals surface area (Å²) in [6.07, 6.45) is 1.72. The lowest BCUT2D eigenvalue weighted by molar-refractivity contribution is 0.398. The fourth-order valence-electron chi connectivity index (χ4n) is 2.45. The summed E-state index contributed by atoms with van der Waals surface area (Å²) in [6.45, 7) is 1.98. The van der Waals surface area contributed by atoms with Crippen LogP contribution in [0.4, 0.5) is 5.69 Å². The van der Waals surface area contributed by atoms with Crippen LogP contribution in [0.1, 0.15) is 5.56 Å². The van der Waals surface area contributed by atoms with E-state index in [2.05, 4.69) is 4.98 Å². The molecule has 0 bridgehead atoms. The number of nitrogens with zero attached hydrogens (tertiary/aromatic N) is 2. The van der Waals surface area contributed by atoms with Gasteiger partial charge < -0.3 is 15.2 Å². The third-order valence-electron chi connectivity index (χ3n) is 3.87. The van der Waals surface area contributed by atoms with Gasteiger partial charge in [0.25, 0.3) is 0 Å². The molecule has 122 valence electrons. The molecule has 0 aliphatic carbocycles. The minimum atomic E-state index is 0.556. The van der Waals surface area contributed by atoms with Crippen molar-refractivity contribution in [2.45, 2.75) is 6.92 Å². The van der Waals surface area contributed by atoms with Crippen LogP contribution in [-0.4, -0.2) is 24.2 Å². The number of methoxy groups -OCH3 is 2. The van der Waals surface area contributed by atoms with E-state index in [0.717, 1.165) is 33.8 Å². The summed E-state index contributed by atoms with van der Waals surface area (Å²) in [7, 11) is 3.23. The number of aryl methyl sites for hydroxylation is 1. The van der Waals surface area contributed by atoms with E-state index in [1.807, 2.05) is 43.3 Å². The molecule has 3 aromatic rings. The Morgan fingerprint density at radius 3 is 2.21 bits per heavy atom. The maximum absolute atomic E-state index is 6.24. The van der Waals surface area contributed by atoms with Gasteiger partial charge in [0.2, 0.25) is 5.88 Å². The monoisotopic (exact) mass is 321 g/mol. The number of hydrogen-bond donors (Lipinski definition) is 1. The molecule has 0 amide bonds. The second-order valence-electron chi connectivity index (χ2n) is 5.40. The molecule has 5 heteroatoms. The van der Waals surface area contributed by atoms with Crippen molar-refractivity contribution in [3.63, 3.8) is 0 Å². The third-order valence-corrected chi connectivity index (χ3v) is 3.87. The number of pyridine rings is 2. The Bertz CT molecular complexity index is 844. The van der Waals surface area contributed by atoms with Gasteiger partial charge in [-0.1, -0.05) is 0 Å². The second kappa shape index (κ2) is 6.58. The van der Waals surface area contributed by atoms with Gasteiger partial charge in [-0.15, -0.1) is 0 Å². The van der Waals surface area contributed by atoms with Crippen LogP contribution in [0.5, 0.6) is 11.6 Å². The van der Waals surface area contributed by atoms with Gasteiger partial charge in [0.05, 0.1) is 31.3 Å². The smallest absolute Gasteiger partial charge is 0.212 e. The number of benzene rings is 1. The molecule has 0 fully saturated rings. The second-order valence-corrected chi connectivity index (χ2v) is 5.40. The number of rotatable bonds is 4. The summed E-state index contributed by atoms with van der Waals surface area (Å²) < 4.78 is 10.3. The fourth-order valence-corrected chi connectivity index (χ4v) is 2.45. The van der Waals surface area contributed by atoms with Crippen molar-refractivity contribution < 1.29 is 9.47 Å². The first-order valence-electron chi connectivity index (χ1n) is 7.54. The van der Waals surface area contributed by atoms with E-state index in [-0.39, 0.29) is 0 Å². The summed E-state index contributed by atoms with van der Waals surface area (Å²) >= 11 is 0. The summed E-state index contributed by atoms with van der Waals surface area (Å²) in [5, 5.41) is 0. The molecule has 0 saturated carbocycles. The summed E-state index contributed by atoms with van der Waals surface area (Å²) in [5.74, 6) is 1.37. The van der Waals surface area contributed by atoms with Gasteiger partial charge in [-0.25, -0.2) is 9.97 Å². The van der Waals surface area contributed by atoms with Gasteiger partial charge in [0, 0.05) is 23.4 Å². The Balaban J connectivity index is 2.07.